The number of nitrogens with zero attached hydrogens (tertiary/aromatic N) is 3. The van der Waals surface area contributed by atoms with Gasteiger partial charge in [0.25, 0.3) is 5.56 Å². The Balaban J connectivity index is 1.38. The Morgan fingerprint density at radius 3 is 2.50 bits per heavy atom. The predicted molar refractivity (Wildman–Crippen MR) is 131 cm³/mol. The van der Waals surface area contributed by atoms with Gasteiger partial charge in [0, 0.05) is 41.1 Å². The molecular formula is C25H22N4O2S. The number of amides is 1. The lowest BCUT2D eigenvalue weighted by Crippen LogP contribution is -2.21. The van der Waals surface area contributed by atoms with Crippen LogP contribution in [0.1, 0.15) is 6.92 Å². The number of aryl methyl sites for hydroxylation is 1. The van der Waals surface area contributed by atoms with Crippen LogP contribution in [0.2, 0.25) is 0 Å². The lowest BCUT2D eigenvalue weighted by molar-refractivity contribution is -0.113. The largest absolute Gasteiger partial charge is 0.341 e. The summed E-state index contributed by atoms with van der Waals surface area (Å²) >= 11 is 1.25. The molecule has 0 aliphatic rings. The zero-order chi connectivity index (χ0) is 22.2. The Morgan fingerprint density at radius 2 is 1.69 bits per heavy atom. The highest BCUT2D eigenvalue weighted by molar-refractivity contribution is 7.99. The van der Waals surface area contributed by atoms with Crippen molar-refractivity contribution in [2.75, 3.05) is 11.1 Å². The predicted octanol–water partition coefficient (Wildman–Crippen LogP) is 4.79. The lowest BCUT2D eigenvalue weighted by Gasteiger charge is -2.09. The van der Waals surface area contributed by atoms with E-state index < -0.39 is 0 Å². The van der Waals surface area contributed by atoms with Gasteiger partial charge in [0.15, 0.2) is 5.16 Å². The van der Waals surface area contributed by atoms with Gasteiger partial charge in [0.1, 0.15) is 0 Å². The van der Waals surface area contributed by atoms with E-state index in [0.29, 0.717) is 16.1 Å². The molecular weight excluding hydrogens is 420 g/mol. The van der Waals surface area contributed by atoms with Crippen LogP contribution in [-0.2, 0) is 18.4 Å². The van der Waals surface area contributed by atoms with Gasteiger partial charge in [-0.15, -0.1) is 0 Å². The Kier molecular flexibility index (Phi) is 5.19. The molecule has 0 unspecified atom stereocenters. The molecule has 0 saturated carbocycles. The second kappa shape index (κ2) is 8.16. The molecule has 0 atom stereocenters. The molecule has 0 radical (unpaired) electrons. The molecule has 1 N–H and O–H groups in total. The number of anilines is 1. The molecule has 7 heteroatoms. The van der Waals surface area contributed by atoms with E-state index in [4.69, 9.17) is 0 Å². The monoisotopic (exact) mass is 442 g/mol. The Hall–Kier alpha value is -3.58. The van der Waals surface area contributed by atoms with Gasteiger partial charge in [0.2, 0.25) is 5.91 Å². The molecule has 0 saturated heterocycles. The highest BCUT2D eigenvalue weighted by atomic mass is 32.2. The quantitative estimate of drug-likeness (QED) is 0.314. The molecule has 0 aliphatic carbocycles. The van der Waals surface area contributed by atoms with Crippen molar-refractivity contribution in [1.82, 2.24) is 14.1 Å². The first kappa shape index (κ1) is 20.3. The third-order valence-electron chi connectivity index (χ3n) is 5.65. The van der Waals surface area contributed by atoms with Crippen LogP contribution < -0.4 is 10.9 Å². The topological polar surface area (TPSA) is 68.9 Å². The van der Waals surface area contributed by atoms with Crippen molar-refractivity contribution < 1.29 is 4.79 Å². The number of para-hydroxylation sites is 2. The molecule has 160 valence electrons. The first-order chi connectivity index (χ1) is 15.6. The van der Waals surface area contributed by atoms with Crippen LogP contribution in [0.3, 0.4) is 0 Å². The summed E-state index contributed by atoms with van der Waals surface area (Å²) in [5.41, 5.74) is 3.61. The van der Waals surface area contributed by atoms with E-state index in [0.717, 1.165) is 23.1 Å². The molecule has 2 heterocycles. The molecule has 0 bridgehead atoms. The number of thioether (sulfide) groups is 1. The third kappa shape index (κ3) is 3.44. The Bertz CT molecular complexity index is 1550. The van der Waals surface area contributed by atoms with E-state index in [1.165, 1.54) is 27.2 Å². The number of carbonyl (C=O) groups excluding carboxylic acids is 1. The lowest BCUT2D eigenvalue weighted by atomic mass is 10.1. The van der Waals surface area contributed by atoms with Crippen LogP contribution in [-0.4, -0.2) is 25.8 Å². The maximum absolute atomic E-state index is 12.7. The molecule has 5 aromatic rings. The van der Waals surface area contributed by atoms with Crippen LogP contribution in [0.5, 0.6) is 0 Å². The summed E-state index contributed by atoms with van der Waals surface area (Å²) in [4.78, 5) is 29.7. The molecule has 6 nitrogen and oxygen atoms in total. The van der Waals surface area contributed by atoms with Gasteiger partial charge in [-0.3, -0.25) is 14.2 Å². The minimum absolute atomic E-state index is 0.115. The number of hydrogen-bond acceptors (Lipinski definition) is 4. The van der Waals surface area contributed by atoms with Crippen molar-refractivity contribution in [3.63, 3.8) is 0 Å². The molecule has 5 rings (SSSR count). The summed E-state index contributed by atoms with van der Waals surface area (Å²) in [6.07, 6.45) is 0. The van der Waals surface area contributed by atoms with E-state index in [1.807, 2.05) is 42.5 Å². The van der Waals surface area contributed by atoms with E-state index in [1.54, 1.807) is 13.1 Å². The van der Waals surface area contributed by atoms with Gasteiger partial charge in [-0.1, -0.05) is 42.1 Å². The van der Waals surface area contributed by atoms with E-state index in [9.17, 15) is 9.59 Å². The number of carbonyl (C=O) groups is 1. The van der Waals surface area contributed by atoms with Crippen molar-refractivity contribution in [3.8, 4) is 0 Å². The number of benzene rings is 3. The fraction of sp³-hybridized carbons (Fsp3) is 0.160. The highest BCUT2D eigenvalue weighted by Gasteiger charge is 2.13. The second-order valence-electron chi connectivity index (χ2n) is 7.61. The molecule has 0 aliphatic heterocycles. The minimum atomic E-state index is -0.143. The average molecular weight is 443 g/mol. The van der Waals surface area contributed by atoms with Gasteiger partial charge in [0.05, 0.1) is 16.7 Å². The molecule has 0 fully saturated rings. The van der Waals surface area contributed by atoms with E-state index >= 15 is 0 Å². The van der Waals surface area contributed by atoms with Crippen LogP contribution in [0.25, 0.3) is 32.7 Å². The third-order valence-corrected chi connectivity index (χ3v) is 6.68. The first-order valence-corrected chi connectivity index (χ1v) is 11.4. The van der Waals surface area contributed by atoms with Crippen LogP contribution >= 0.6 is 11.8 Å². The van der Waals surface area contributed by atoms with E-state index in [2.05, 4.69) is 40.0 Å². The number of fused-ring (bicyclic) bond motifs is 4. The maximum Gasteiger partial charge on any atom is 0.261 e. The Morgan fingerprint density at radius 1 is 0.969 bits per heavy atom. The summed E-state index contributed by atoms with van der Waals surface area (Å²) in [6.45, 7) is 3.01. The fourth-order valence-corrected chi connectivity index (χ4v) is 4.90. The van der Waals surface area contributed by atoms with Gasteiger partial charge in [-0.25, -0.2) is 4.98 Å². The van der Waals surface area contributed by atoms with Crippen molar-refractivity contribution in [2.45, 2.75) is 18.6 Å². The van der Waals surface area contributed by atoms with Crippen molar-refractivity contribution in [1.29, 1.82) is 0 Å². The SMILES string of the molecule is CCn1c2ccccc2c2cc(NC(=O)CSc3nc4ccccc4c(=O)n3C)ccc21. The Labute approximate surface area is 188 Å². The van der Waals surface area contributed by atoms with Crippen LogP contribution in [0.4, 0.5) is 5.69 Å². The summed E-state index contributed by atoms with van der Waals surface area (Å²) in [5, 5.41) is 6.36. The van der Waals surface area contributed by atoms with Crippen LogP contribution in [0, 0.1) is 0 Å². The second-order valence-corrected chi connectivity index (χ2v) is 8.55. The van der Waals surface area contributed by atoms with Crippen molar-refractivity contribution in [3.05, 3.63) is 77.1 Å². The molecule has 0 spiro atoms. The standard InChI is InChI=1S/C25H22N4O2S/c1-3-29-21-11-7-5-8-17(21)19-14-16(12-13-22(19)29)26-23(30)15-32-25-27-20-10-6-4-9-18(20)24(31)28(25)2/h4-14H,3,15H2,1-2H3,(H,26,30). The molecule has 32 heavy (non-hydrogen) atoms. The summed E-state index contributed by atoms with van der Waals surface area (Å²) in [6, 6.07) is 21.5. The normalized spacial score (nSPS) is 11.4. The summed E-state index contributed by atoms with van der Waals surface area (Å²) in [5.74, 6) is 0.0175. The van der Waals surface area contributed by atoms with Gasteiger partial charge < -0.3 is 9.88 Å². The smallest absolute Gasteiger partial charge is 0.261 e. The number of rotatable bonds is 5. The molecule has 1 amide bonds. The number of nitrogens with one attached hydrogen (secondary N) is 1. The zero-order valence-corrected chi connectivity index (χ0v) is 18.6. The molecule has 2 aromatic heterocycles. The zero-order valence-electron chi connectivity index (χ0n) is 17.8. The van der Waals surface area contributed by atoms with Crippen LogP contribution in [0.15, 0.2) is 76.7 Å². The molecule has 3 aromatic carbocycles. The average Bonchev–Trinajstić information content (AvgIpc) is 3.13. The van der Waals surface area contributed by atoms with Crippen molar-refractivity contribution in [2.24, 2.45) is 7.05 Å². The highest BCUT2D eigenvalue weighted by Crippen LogP contribution is 2.31. The van der Waals surface area contributed by atoms with Gasteiger partial charge in [-0.2, -0.15) is 0 Å². The minimum Gasteiger partial charge on any atom is -0.341 e. The summed E-state index contributed by atoms with van der Waals surface area (Å²) in [7, 11) is 1.68. The summed E-state index contributed by atoms with van der Waals surface area (Å²) < 4.78 is 3.77. The first-order valence-electron chi connectivity index (χ1n) is 10.5. The fourth-order valence-electron chi connectivity index (χ4n) is 4.13. The van der Waals surface area contributed by atoms with Gasteiger partial charge >= 0.3 is 0 Å². The van der Waals surface area contributed by atoms with Crippen molar-refractivity contribution >= 4 is 56.1 Å². The number of hydrogen-bond donors (Lipinski definition) is 1. The van der Waals surface area contributed by atoms with Gasteiger partial charge in [-0.05, 0) is 43.3 Å². The number of aromatic nitrogens is 3. The maximum atomic E-state index is 12.7. The van der Waals surface area contributed by atoms with E-state index in [-0.39, 0.29) is 17.2 Å².